The van der Waals surface area contributed by atoms with E-state index in [1.807, 2.05) is 12.2 Å². The predicted molar refractivity (Wildman–Crippen MR) is 269 cm³/mol. The molecular formula is C56H103NO5. The maximum absolute atomic E-state index is 12.4. The van der Waals surface area contributed by atoms with Crippen molar-refractivity contribution in [3.8, 4) is 0 Å². The molecule has 362 valence electrons. The van der Waals surface area contributed by atoms with Gasteiger partial charge >= 0.3 is 5.97 Å². The zero-order chi connectivity index (χ0) is 45.1. The molecule has 0 aromatic rings. The monoisotopic (exact) mass is 870 g/mol. The number of unbranched alkanes of at least 4 members (excludes halogenated alkanes) is 32. The number of hydrogen-bond acceptors (Lipinski definition) is 5. The van der Waals surface area contributed by atoms with Crippen LogP contribution in [0.2, 0.25) is 0 Å². The van der Waals surface area contributed by atoms with Crippen LogP contribution in [0, 0.1) is 0 Å². The molecule has 0 saturated carbocycles. The fraction of sp³-hybridized carbons (Fsp3) is 0.821. The van der Waals surface area contributed by atoms with E-state index in [-0.39, 0.29) is 18.5 Å². The van der Waals surface area contributed by atoms with Gasteiger partial charge < -0.3 is 20.3 Å². The average Bonchev–Trinajstić information content (AvgIpc) is 3.27. The highest BCUT2D eigenvalue weighted by atomic mass is 16.5. The van der Waals surface area contributed by atoms with Crippen LogP contribution in [0.4, 0.5) is 0 Å². The number of aliphatic hydroxyl groups excluding tert-OH is 2. The van der Waals surface area contributed by atoms with Gasteiger partial charge in [0.15, 0.2) is 0 Å². The van der Waals surface area contributed by atoms with Crippen molar-refractivity contribution in [2.45, 2.75) is 283 Å². The summed E-state index contributed by atoms with van der Waals surface area (Å²) in [5, 5.41) is 23.0. The van der Waals surface area contributed by atoms with E-state index in [0.29, 0.717) is 25.9 Å². The largest absolute Gasteiger partial charge is 0.466 e. The van der Waals surface area contributed by atoms with Gasteiger partial charge in [-0.1, -0.05) is 229 Å². The summed E-state index contributed by atoms with van der Waals surface area (Å²) in [6.45, 7) is 4.81. The van der Waals surface area contributed by atoms with E-state index in [1.165, 1.54) is 186 Å². The predicted octanol–water partition coefficient (Wildman–Crippen LogP) is 16.2. The van der Waals surface area contributed by atoms with Gasteiger partial charge in [-0.05, 0) is 77.0 Å². The Kier molecular flexibility index (Phi) is 49.6. The third kappa shape index (κ3) is 47.3. The fourth-order valence-electron chi connectivity index (χ4n) is 7.91. The zero-order valence-corrected chi connectivity index (χ0v) is 41.1. The van der Waals surface area contributed by atoms with Crippen molar-refractivity contribution >= 4 is 11.9 Å². The second-order valence-corrected chi connectivity index (χ2v) is 18.2. The summed E-state index contributed by atoms with van der Waals surface area (Å²) in [4.78, 5) is 24.4. The molecule has 6 heteroatoms. The average molecular weight is 870 g/mol. The third-order valence-corrected chi connectivity index (χ3v) is 12.1. The second-order valence-electron chi connectivity index (χ2n) is 18.2. The number of hydrogen-bond donors (Lipinski definition) is 3. The van der Waals surface area contributed by atoms with Gasteiger partial charge in [0.1, 0.15) is 0 Å². The molecule has 3 N–H and O–H groups in total. The van der Waals surface area contributed by atoms with E-state index in [4.69, 9.17) is 4.74 Å². The first-order chi connectivity index (χ1) is 30.5. The molecule has 62 heavy (non-hydrogen) atoms. The number of carbonyl (C=O) groups is 2. The van der Waals surface area contributed by atoms with Crippen molar-refractivity contribution < 1.29 is 24.5 Å². The van der Waals surface area contributed by atoms with Crippen LogP contribution in [0.15, 0.2) is 48.6 Å². The van der Waals surface area contributed by atoms with Gasteiger partial charge in [0, 0.05) is 12.8 Å². The summed E-state index contributed by atoms with van der Waals surface area (Å²) in [6.07, 6.45) is 64.2. The Balaban J connectivity index is 3.60. The van der Waals surface area contributed by atoms with Gasteiger partial charge in [0.05, 0.1) is 25.4 Å². The summed E-state index contributed by atoms with van der Waals surface area (Å²) >= 11 is 0. The molecule has 6 nitrogen and oxygen atoms in total. The minimum atomic E-state index is -0.881. The molecule has 0 radical (unpaired) electrons. The molecule has 0 aliphatic rings. The second kappa shape index (κ2) is 51.5. The van der Waals surface area contributed by atoms with Crippen molar-refractivity contribution in [2.75, 3.05) is 13.2 Å². The van der Waals surface area contributed by atoms with E-state index >= 15 is 0 Å². The Labute approximate surface area is 385 Å². The molecule has 0 rings (SSSR count). The van der Waals surface area contributed by atoms with Gasteiger partial charge in [-0.2, -0.15) is 0 Å². The molecule has 0 aliphatic carbocycles. The molecule has 0 fully saturated rings. The highest BCUT2D eigenvalue weighted by Crippen LogP contribution is 2.16. The van der Waals surface area contributed by atoms with E-state index < -0.39 is 12.1 Å². The minimum Gasteiger partial charge on any atom is -0.466 e. The Morgan fingerprint density at radius 3 is 1.31 bits per heavy atom. The van der Waals surface area contributed by atoms with Gasteiger partial charge in [0.2, 0.25) is 5.91 Å². The number of amides is 1. The first kappa shape index (κ1) is 59.8. The summed E-state index contributed by atoms with van der Waals surface area (Å²) in [5.41, 5.74) is 0. The maximum atomic E-state index is 12.4. The van der Waals surface area contributed by atoms with Crippen molar-refractivity contribution in [3.05, 3.63) is 48.6 Å². The molecular weight excluding hydrogens is 767 g/mol. The molecule has 0 aliphatic heterocycles. The number of aliphatic hydroxyl groups is 2. The standard InChI is InChI=1S/C56H103NO5/c1-3-5-7-9-11-13-15-17-18-19-20-21-22-23-25-28-32-36-40-44-48-54(59)53(52-58)57-55(60)49-45-41-37-33-29-26-24-27-31-35-39-43-47-51-62-56(61)50-46-42-38-34-30-16-14-12-10-8-6-4-2/h12,14,26,29,37,41,44,48,53-54,58-59H,3-11,13,15-25,27-28,30-36,38-40,42-43,45-47,49-52H2,1-2H3,(H,57,60)/b14-12-,29-26-,41-37-,48-44+. The Bertz CT molecular complexity index is 1050. The first-order valence-electron chi connectivity index (χ1n) is 26.9. The molecule has 0 aromatic carbocycles. The molecule has 0 bridgehead atoms. The number of rotatable bonds is 49. The summed E-state index contributed by atoms with van der Waals surface area (Å²) < 4.78 is 5.43. The molecule has 2 unspecified atom stereocenters. The minimum absolute atomic E-state index is 0.0291. The quantitative estimate of drug-likeness (QED) is 0.0322. The van der Waals surface area contributed by atoms with E-state index in [9.17, 15) is 19.8 Å². The van der Waals surface area contributed by atoms with Gasteiger partial charge in [0.25, 0.3) is 0 Å². The normalized spacial score (nSPS) is 13.0. The lowest BCUT2D eigenvalue weighted by Crippen LogP contribution is -2.45. The van der Waals surface area contributed by atoms with Gasteiger partial charge in [-0.25, -0.2) is 0 Å². The molecule has 0 saturated heterocycles. The molecule has 0 aromatic heterocycles. The number of carbonyl (C=O) groups excluding carboxylic acids is 2. The number of nitrogens with one attached hydrogen (secondary N) is 1. The number of esters is 1. The van der Waals surface area contributed by atoms with E-state index in [2.05, 4.69) is 49.5 Å². The van der Waals surface area contributed by atoms with Crippen LogP contribution >= 0.6 is 0 Å². The highest BCUT2D eigenvalue weighted by Gasteiger charge is 2.17. The number of ether oxygens (including phenoxy) is 1. The molecule has 0 spiro atoms. The Hall–Kier alpha value is -2.18. The van der Waals surface area contributed by atoms with Gasteiger partial charge in [-0.15, -0.1) is 0 Å². The third-order valence-electron chi connectivity index (χ3n) is 12.1. The summed E-state index contributed by atoms with van der Waals surface area (Å²) in [6, 6.07) is -0.673. The topological polar surface area (TPSA) is 95.9 Å². The molecule has 1 amide bonds. The summed E-state index contributed by atoms with van der Waals surface area (Å²) in [7, 11) is 0. The van der Waals surface area contributed by atoms with Crippen molar-refractivity contribution in [1.29, 1.82) is 0 Å². The van der Waals surface area contributed by atoms with Crippen LogP contribution in [-0.2, 0) is 14.3 Å². The smallest absolute Gasteiger partial charge is 0.305 e. The van der Waals surface area contributed by atoms with E-state index in [0.717, 1.165) is 51.4 Å². The van der Waals surface area contributed by atoms with Crippen LogP contribution in [0.3, 0.4) is 0 Å². The van der Waals surface area contributed by atoms with Crippen LogP contribution in [0.25, 0.3) is 0 Å². The van der Waals surface area contributed by atoms with Crippen LogP contribution in [0.5, 0.6) is 0 Å². The first-order valence-corrected chi connectivity index (χ1v) is 26.9. The molecule has 0 heterocycles. The SMILES string of the molecule is CCCCC/C=C\CCCCCCCC(=O)OCCCCCCCC/C=C\C/C=C\CCC(=O)NC(CO)C(O)/C=C/CCCCCCCCCCCCCCCCCCCC. The fourth-order valence-corrected chi connectivity index (χ4v) is 7.91. The van der Waals surface area contributed by atoms with Crippen molar-refractivity contribution in [3.63, 3.8) is 0 Å². The maximum Gasteiger partial charge on any atom is 0.305 e. The Morgan fingerprint density at radius 1 is 0.452 bits per heavy atom. The lowest BCUT2D eigenvalue weighted by molar-refractivity contribution is -0.143. The van der Waals surface area contributed by atoms with Crippen LogP contribution in [-0.4, -0.2) is 47.4 Å². The number of allylic oxidation sites excluding steroid dienone is 7. The lowest BCUT2D eigenvalue weighted by atomic mass is 10.0. The Morgan fingerprint density at radius 2 is 0.823 bits per heavy atom. The van der Waals surface area contributed by atoms with E-state index in [1.54, 1.807) is 6.08 Å². The van der Waals surface area contributed by atoms with Crippen molar-refractivity contribution in [1.82, 2.24) is 5.32 Å². The van der Waals surface area contributed by atoms with Crippen LogP contribution < -0.4 is 5.32 Å². The highest BCUT2D eigenvalue weighted by molar-refractivity contribution is 5.76. The lowest BCUT2D eigenvalue weighted by Gasteiger charge is -2.19. The summed E-state index contributed by atoms with van der Waals surface area (Å²) in [5.74, 6) is -0.178. The molecule has 2 atom stereocenters. The van der Waals surface area contributed by atoms with Gasteiger partial charge in [-0.3, -0.25) is 9.59 Å². The van der Waals surface area contributed by atoms with Crippen LogP contribution in [0.1, 0.15) is 271 Å². The van der Waals surface area contributed by atoms with Crippen molar-refractivity contribution in [2.24, 2.45) is 0 Å². The zero-order valence-electron chi connectivity index (χ0n) is 41.1.